The molecule has 0 aliphatic rings. The van der Waals surface area contributed by atoms with E-state index in [9.17, 15) is 4.79 Å². The van der Waals surface area contributed by atoms with Crippen LogP contribution in [0.4, 0.5) is 5.95 Å². The van der Waals surface area contributed by atoms with E-state index in [0.717, 1.165) is 10.0 Å². The maximum atomic E-state index is 12.3. The average molecular weight is 461 g/mol. The number of halogens is 1. The number of hydrogen-bond acceptors (Lipinski definition) is 8. The van der Waals surface area contributed by atoms with Crippen molar-refractivity contribution in [2.24, 2.45) is 5.10 Å². The minimum Gasteiger partial charge on any atom is -0.497 e. The van der Waals surface area contributed by atoms with Crippen LogP contribution < -0.4 is 16.0 Å². The summed E-state index contributed by atoms with van der Waals surface area (Å²) >= 11 is 4.57. The lowest BCUT2D eigenvalue weighted by Crippen LogP contribution is -2.14. The van der Waals surface area contributed by atoms with Crippen LogP contribution in [-0.4, -0.2) is 39.7 Å². The molecule has 3 aromatic rings. The van der Waals surface area contributed by atoms with Gasteiger partial charge in [0, 0.05) is 10.0 Å². The third kappa shape index (κ3) is 5.11. The number of hydrazone groups is 1. The van der Waals surface area contributed by atoms with Crippen molar-refractivity contribution >= 4 is 45.6 Å². The second-order valence-corrected chi connectivity index (χ2v) is 7.40. The zero-order valence-corrected chi connectivity index (χ0v) is 17.3. The van der Waals surface area contributed by atoms with Gasteiger partial charge in [-0.2, -0.15) is 5.10 Å². The number of hydrogen-bond donors (Lipinski definition) is 2. The second-order valence-electron chi connectivity index (χ2n) is 5.54. The number of carbonyl (C=O) groups excluding carboxylic acids is 1. The number of ether oxygens (including phenoxy) is 1. The monoisotopic (exact) mass is 460 g/mol. The SMILES string of the molecule is COc1cccc(C(=O)CSc2nnc(N/N=C/c3ccc(Br)cc3)n2N)c1. The summed E-state index contributed by atoms with van der Waals surface area (Å²) in [4.78, 5) is 12.3. The number of aromatic nitrogens is 3. The molecule has 28 heavy (non-hydrogen) atoms. The van der Waals surface area contributed by atoms with Crippen LogP contribution in [0.1, 0.15) is 15.9 Å². The number of anilines is 1. The molecule has 10 heteroatoms. The molecule has 0 atom stereocenters. The van der Waals surface area contributed by atoms with E-state index in [1.54, 1.807) is 37.6 Å². The lowest BCUT2D eigenvalue weighted by atomic mass is 10.1. The summed E-state index contributed by atoms with van der Waals surface area (Å²) in [5.41, 5.74) is 4.21. The van der Waals surface area contributed by atoms with Gasteiger partial charge in [0.2, 0.25) is 5.16 Å². The standard InChI is InChI=1S/C18H17BrN6O2S/c1-27-15-4-2-3-13(9-15)16(26)11-28-18-24-23-17(25(18)20)22-21-10-12-5-7-14(19)8-6-12/h2-10H,11,20H2,1H3,(H,22,23)/b21-10+. The molecule has 0 bridgehead atoms. The normalized spacial score (nSPS) is 10.9. The highest BCUT2D eigenvalue weighted by atomic mass is 79.9. The quantitative estimate of drug-likeness (QED) is 0.174. The molecule has 0 unspecified atom stereocenters. The lowest BCUT2D eigenvalue weighted by molar-refractivity contribution is 0.102. The molecule has 1 aromatic heterocycles. The maximum absolute atomic E-state index is 12.3. The van der Waals surface area contributed by atoms with E-state index in [1.165, 1.54) is 16.4 Å². The van der Waals surface area contributed by atoms with Gasteiger partial charge in [-0.15, -0.1) is 10.2 Å². The molecular formula is C18H17BrN6O2S. The number of rotatable bonds is 8. The van der Waals surface area contributed by atoms with Crippen molar-refractivity contribution in [3.8, 4) is 5.75 Å². The van der Waals surface area contributed by atoms with Crippen LogP contribution in [-0.2, 0) is 0 Å². The first-order valence-corrected chi connectivity index (χ1v) is 9.90. The van der Waals surface area contributed by atoms with Gasteiger partial charge in [0.25, 0.3) is 5.95 Å². The van der Waals surface area contributed by atoms with E-state index in [1.807, 2.05) is 24.3 Å². The molecule has 3 N–H and O–H groups in total. The number of methoxy groups -OCH3 is 1. The van der Waals surface area contributed by atoms with Crippen LogP contribution >= 0.6 is 27.7 Å². The predicted octanol–water partition coefficient (Wildman–Crippen LogP) is 3.18. The molecular weight excluding hydrogens is 444 g/mol. The van der Waals surface area contributed by atoms with Gasteiger partial charge in [-0.1, -0.05) is 52.0 Å². The Labute approximate surface area is 174 Å². The van der Waals surface area contributed by atoms with E-state index in [-0.39, 0.29) is 17.5 Å². The average Bonchev–Trinajstić information content (AvgIpc) is 3.07. The number of nitrogens with one attached hydrogen (secondary N) is 1. The number of carbonyl (C=O) groups is 1. The Morgan fingerprint density at radius 1 is 1.32 bits per heavy atom. The summed E-state index contributed by atoms with van der Waals surface area (Å²) in [6.07, 6.45) is 1.64. The van der Waals surface area contributed by atoms with Crippen molar-refractivity contribution in [2.45, 2.75) is 5.16 Å². The number of benzene rings is 2. The van der Waals surface area contributed by atoms with E-state index >= 15 is 0 Å². The molecule has 1 heterocycles. The first kappa shape index (κ1) is 19.9. The predicted molar refractivity (Wildman–Crippen MR) is 114 cm³/mol. The molecule has 0 radical (unpaired) electrons. The summed E-state index contributed by atoms with van der Waals surface area (Å²) in [7, 11) is 1.56. The summed E-state index contributed by atoms with van der Waals surface area (Å²) in [5, 5.41) is 12.4. The fraction of sp³-hybridized carbons (Fsp3) is 0.111. The molecule has 0 fully saturated rings. The molecule has 8 nitrogen and oxygen atoms in total. The van der Waals surface area contributed by atoms with Crippen LogP contribution in [0.2, 0.25) is 0 Å². The number of thioether (sulfide) groups is 1. The highest BCUT2D eigenvalue weighted by Gasteiger charge is 2.13. The van der Waals surface area contributed by atoms with Crippen LogP contribution in [0.25, 0.3) is 0 Å². The smallest absolute Gasteiger partial charge is 0.264 e. The zero-order chi connectivity index (χ0) is 19.9. The third-order valence-electron chi connectivity index (χ3n) is 3.64. The number of nitrogens with zero attached hydrogens (tertiary/aromatic N) is 4. The van der Waals surface area contributed by atoms with Crippen LogP contribution in [0, 0.1) is 0 Å². The lowest BCUT2D eigenvalue weighted by Gasteiger charge is -2.04. The molecule has 0 amide bonds. The van der Waals surface area contributed by atoms with E-state index in [4.69, 9.17) is 10.6 Å². The largest absolute Gasteiger partial charge is 0.497 e. The van der Waals surface area contributed by atoms with E-state index in [0.29, 0.717) is 16.5 Å². The van der Waals surface area contributed by atoms with Crippen molar-refractivity contribution in [1.82, 2.24) is 14.9 Å². The molecule has 0 saturated carbocycles. The summed E-state index contributed by atoms with van der Waals surface area (Å²) in [5.74, 6) is 6.98. The van der Waals surface area contributed by atoms with Gasteiger partial charge in [-0.05, 0) is 29.8 Å². The first-order chi connectivity index (χ1) is 13.6. The van der Waals surface area contributed by atoms with Crippen molar-refractivity contribution in [1.29, 1.82) is 0 Å². The van der Waals surface area contributed by atoms with Crippen LogP contribution in [0.5, 0.6) is 5.75 Å². The molecule has 0 aliphatic carbocycles. The van der Waals surface area contributed by atoms with Crippen molar-refractivity contribution in [3.63, 3.8) is 0 Å². The second kappa shape index (κ2) is 9.38. The Morgan fingerprint density at radius 2 is 2.11 bits per heavy atom. The molecule has 2 aromatic carbocycles. The minimum atomic E-state index is -0.0605. The van der Waals surface area contributed by atoms with E-state index in [2.05, 4.69) is 36.7 Å². The molecule has 0 spiro atoms. The van der Waals surface area contributed by atoms with Gasteiger partial charge in [-0.25, -0.2) is 10.1 Å². The van der Waals surface area contributed by atoms with Crippen LogP contribution in [0.3, 0.4) is 0 Å². The van der Waals surface area contributed by atoms with Crippen molar-refractivity contribution in [3.05, 3.63) is 64.1 Å². The summed E-state index contributed by atoms with van der Waals surface area (Å²) < 4.78 is 7.38. The van der Waals surface area contributed by atoms with Crippen LogP contribution in [0.15, 0.2) is 63.3 Å². The topological polar surface area (TPSA) is 107 Å². The van der Waals surface area contributed by atoms with E-state index < -0.39 is 0 Å². The Morgan fingerprint density at radius 3 is 2.86 bits per heavy atom. The fourth-order valence-corrected chi connectivity index (χ4v) is 3.19. The van der Waals surface area contributed by atoms with Crippen molar-refractivity contribution < 1.29 is 9.53 Å². The first-order valence-electron chi connectivity index (χ1n) is 8.12. The zero-order valence-electron chi connectivity index (χ0n) is 14.9. The Bertz CT molecular complexity index is 990. The molecule has 0 aliphatic heterocycles. The fourth-order valence-electron chi connectivity index (χ4n) is 2.18. The van der Waals surface area contributed by atoms with Gasteiger partial charge in [0.05, 0.1) is 19.1 Å². The number of ketones is 1. The number of nitrogens with two attached hydrogens (primary N) is 1. The molecule has 3 rings (SSSR count). The highest BCUT2D eigenvalue weighted by molar-refractivity contribution is 9.10. The van der Waals surface area contributed by atoms with Gasteiger partial charge < -0.3 is 10.6 Å². The molecule has 0 saturated heterocycles. The molecule has 144 valence electrons. The van der Waals surface area contributed by atoms with Gasteiger partial charge >= 0.3 is 0 Å². The Balaban J connectivity index is 1.58. The third-order valence-corrected chi connectivity index (χ3v) is 5.11. The van der Waals surface area contributed by atoms with Gasteiger partial charge in [0.15, 0.2) is 5.78 Å². The number of Topliss-reactive ketones (excluding diaryl/α,β-unsaturated/α-hetero) is 1. The Hall–Kier alpha value is -2.85. The summed E-state index contributed by atoms with van der Waals surface area (Å²) in [6, 6.07) is 14.6. The minimum absolute atomic E-state index is 0.0605. The highest BCUT2D eigenvalue weighted by Crippen LogP contribution is 2.20. The number of nitrogen functional groups attached to an aromatic ring is 1. The van der Waals surface area contributed by atoms with Crippen molar-refractivity contribution in [2.75, 3.05) is 24.1 Å². The maximum Gasteiger partial charge on any atom is 0.264 e. The summed E-state index contributed by atoms with van der Waals surface area (Å²) in [6.45, 7) is 0. The Kier molecular flexibility index (Phi) is 6.66. The van der Waals surface area contributed by atoms with Gasteiger partial charge in [-0.3, -0.25) is 4.79 Å². The van der Waals surface area contributed by atoms with Gasteiger partial charge in [0.1, 0.15) is 5.75 Å².